The Balaban J connectivity index is 1.79. The Bertz CT molecular complexity index is 813. The van der Waals surface area contributed by atoms with Gasteiger partial charge < -0.3 is 10.0 Å². The quantitative estimate of drug-likeness (QED) is 0.926. The Morgan fingerprint density at radius 3 is 2.52 bits per heavy atom. The number of aliphatic carboxylic acids is 1. The van der Waals surface area contributed by atoms with Crippen molar-refractivity contribution in [2.75, 3.05) is 13.1 Å². The molecule has 1 aromatic heterocycles. The summed E-state index contributed by atoms with van der Waals surface area (Å²) in [6.45, 7) is 6.33. The van der Waals surface area contributed by atoms with Crippen LogP contribution < -0.4 is 0 Å². The molecule has 2 heterocycles. The molecule has 1 atom stereocenters. The lowest BCUT2D eigenvalue weighted by atomic mass is 9.90. The van der Waals surface area contributed by atoms with Crippen molar-refractivity contribution < 1.29 is 14.7 Å². The fraction of sp³-hybridized carbons (Fsp3) is 0.421. The number of likely N-dealkylation sites (tertiary alicyclic amines) is 1. The monoisotopic (exact) mass is 341 g/mol. The van der Waals surface area contributed by atoms with Crippen LogP contribution in [0, 0.1) is 19.3 Å². The van der Waals surface area contributed by atoms with Gasteiger partial charge in [-0.25, -0.2) is 4.68 Å². The molecule has 25 heavy (non-hydrogen) atoms. The molecule has 1 N–H and O–H groups in total. The Hall–Kier alpha value is -2.63. The number of aromatic nitrogens is 2. The Morgan fingerprint density at radius 2 is 1.92 bits per heavy atom. The number of carboxylic acids is 1. The molecule has 132 valence electrons. The summed E-state index contributed by atoms with van der Waals surface area (Å²) in [5.41, 5.74) is 2.81. The summed E-state index contributed by atoms with van der Waals surface area (Å²) in [5, 5.41) is 13.9. The number of carbonyl (C=O) groups excluding carboxylic acids is 1. The molecule has 0 spiro atoms. The zero-order valence-electron chi connectivity index (χ0n) is 14.8. The van der Waals surface area contributed by atoms with Gasteiger partial charge in [0.15, 0.2) is 0 Å². The highest BCUT2D eigenvalue weighted by atomic mass is 16.4. The van der Waals surface area contributed by atoms with E-state index in [1.165, 1.54) is 0 Å². The van der Waals surface area contributed by atoms with Crippen LogP contribution in [-0.2, 0) is 16.0 Å². The van der Waals surface area contributed by atoms with Crippen molar-refractivity contribution in [2.45, 2.75) is 33.6 Å². The van der Waals surface area contributed by atoms with E-state index >= 15 is 0 Å². The molecule has 3 rings (SSSR count). The van der Waals surface area contributed by atoms with Gasteiger partial charge in [-0.1, -0.05) is 18.2 Å². The molecular formula is C19H23N3O3. The minimum Gasteiger partial charge on any atom is -0.481 e. The molecular weight excluding hydrogens is 318 g/mol. The van der Waals surface area contributed by atoms with Crippen LogP contribution in [-0.4, -0.2) is 44.8 Å². The van der Waals surface area contributed by atoms with Gasteiger partial charge in [-0.3, -0.25) is 9.59 Å². The Kier molecular flexibility index (Phi) is 4.37. The Labute approximate surface area is 147 Å². The van der Waals surface area contributed by atoms with Crippen molar-refractivity contribution in [3.8, 4) is 5.69 Å². The minimum atomic E-state index is -0.841. The number of aryl methyl sites for hydroxylation is 1. The Morgan fingerprint density at radius 1 is 1.24 bits per heavy atom. The van der Waals surface area contributed by atoms with E-state index in [1.54, 1.807) is 11.8 Å². The van der Waals surface area contributed by atoms with Crippen molar-refractivity contribution in [1.29, 1.82) is 0 Å². The van der Waals surface area contributed by atoms with Crippen molar-refractivity contribution in [1.82, 2.24) is 14.7 Å². The van der Waals surface area contributed by atoms with E-state index in [0.717, 1.165) is 22.6 Å². The van der Waals surface area contributed by atoms with E-state index in [4.69, 9.17) is 0 Å². The number of carbonyl (C=O) groups is 2. The molecule has 0 radical (unpaired) electrons. The number of para-hydroxylation sites is 1. The lowest BCUT2D eigenvalue weighted by molar-refractivity contribution is -0.147. The van der Waals surface area contributed by atoms with E-state index in [1.807, 2.05) is 48.9 Å². The number of nitrogens with zero attached hydrogens (tertiary/aromatic N) is 3. The zero-order chi connectivity index (χ0) is 18.2. The van der Waals surface area contributed by atoms with E-state index in [0.29, 0.717) is 13.0 Å². The smallest absolute Gasteiger partial charge is 0.311 e. The van der Waals surface area contributed by atoms with Crippen LogP contribution in [0.4, 0.5) is 0 Å². The summed E-state index contributed by atoms with van der Waals surface area (Å²) in [4.78, 5) is 25.7. The maximum absolute atomic E-state index is 12.7. The number of amides is 1. The van der Waals surface area contributed by atoms with Crippen molar-refractivity contribution in [2.24, 2.45) is 5.41 Å². The van der Waals surface area contributed by atoms with Crippen LogP contribution in [0.5, 0.6) is 0 Å². The van der Waals surface area contributed by atoms with E-state index in [9.17, 15) is 14.7 Å². The van der Waals surface area contributed by atoms with Crippen LogP contribution >= 0.6 is 0 Å². The largest absolute Gasteiger partial charge is 0.481 e. The third-order valence-electron chi connectivity index (χ3n) is 5.11. The van der Waals surface area contributed by atoms with Crippen molar-refractivity contribution in [3.05, 3.63) is 47.3 Å². The first-order valence-corrected chi connectivity index (χ1v) is 8.43. The standard InChI is InChI=1S/C19H23N3O3/c1-13-16(14(2)22(20-13)15-7-5-4-6-8-15)11-17(23)21-10-9-19(3,12-21)18(24)25/h4-8H,9-12H2,1-3H3,(H,24,25)/t19-/m0/s1. The first-order valence-electron chi connectivity index (χ1n) is 8.43. The molecule has 6 heteroatoms. The third-order valence-corrected chi connectivity index (χ3v) is 5.11. The predicted octanol–water partition coefficient (Wildman–Crippen LogP) is 2.35. The second-order valence-corrected chi connectivity index (χ2v) is 7.00. The second kappa shape index (κ2) is 6.35. The van der Waals surface area contributed by atoms with Crippen LogP contribution in [0.1, 0.15) is 30.3 Å². The molecule has 1 amide bonds. The lowest BCUT2D eigenvalue weighted by Gasteiger charge is -2.20. The maximum Gasteiger partial charge on any atom is 0.311 e. The van der Waals surface area contributed by atoms with Gasteiger partial charge >= 0.3 is 5.97 Å². The van der Waals surface area contributed by atoms with Gasteiger partial charge in [-0.2, -0.15) is 5.10 Å². The molecule has 0 saturated carbocycles. The highest BCUT2D eigenvalue weighted by Crippen LogP contribution is 2.31. The van der Waals surface area contributed by atoms with Gasteiger partial charge in [0.1, 0.15) is 0 Å². The number of benzene rings is 1. The van der Waals surface area contributed by atoms with Crippen LogP contribution in [0.25, 0.3) is 5.69 Å². The molecule has 6 nitrogen and oxygen atoms in total. The van der Waals surface area contributed by atoms with Gasteiger partial charge in [0.2, 0.25) is 5.91 Å². The average Bonchev–Trinajstić information content (AvgIpc) is 3.12. The van der Waals surface area contributed by atoms with Gasteiger partial charge in [0.25, 0.3) is 0 Å². The van der Waals surface area contributed by atoms with E-state index in [2.05, 4.69) is 5.10 Å². The lowest BCUT2D eigenvalue weighted by Crippen LogP contribution is -2.35. The molecule has 2 aromatic rings. The minimum absolute atomic E-state index is 0.0382. The van der Waals surface area contributed by atoms with E-state index in [-0.39, 0.29) is 18.9 Å². The van der Waals surface area contributed by atoms with Gasteiger partial charge in [0, 0.05) is 24.3 Å². The fourth-order valence-corrected chi connectivity index (χ4v) is 3.36. The molecule has 1 saturated heterocycles. The topological polar surface area (TPSA) is 75.4 Å². The summed E-state index contributed by atoms with van der Waals surface area (Å²) in [5.74, 6) is -0.879. The van der Waals surface area contributed by atoms with Gasteiger partial charge in [0.05, 0.1) is 23.2 Å². The van der Waals surface area contributed by atoms with Crippen LogP contribution in [0.3, 0.4) is 0 Å². The molecule has 1 aliphatic heterocycles. The first-order chi connectivity index (χ1) is 11.8. The summed E-state index contributed by atoms with van der Waals surface area (Å²) in [6.07, 6.45) is 0.746. The maximum atomic E-state index is 12.7. The van der Waals surface area contributed by atoms with Crippen LogP contribution in [0.2, 0.25) is 0 Å². The molecule has 0 unspecified atom stereocenters. The highest BCUT2D eigenvalue weighted by molar-refractivity contribution is 5.82. The number of rotatable bonds is 4. The molecule has 1 fully saturated rings. The molecule has 0 bridgehead atoms. The summed E-state index contributed by atoms with van der Waals surface area (Å²) in [6, 6.07) is 9.81. The van der Waals surface area contributed by atoms with Crippen molar-refractivity contribution in [3.63, 3.8) is 0 Å². The first kappa shape index (κ1) is 17.2. The second-order valence-electron chi connectivity index (χ2n) is 7.00. The normalized spacial score (nSPS) is 20.0. The predicted molar refractivity (Wildman–Crippen MR) is 93.7 cm³/mol. The zero-order valence-corrected chi connectivity index (χ0v) is 14.8. The molecule has 1 aliphatic rings. The number of carboxylic acid groups (broad SMARTS) is 1. The van der Waals surface area contributed by atoms with E-state index < -0.39 is 11.4 Å². The average molecular weight is 341 g/mol. The number of hydrogen-bond donors (Lipinski definition) is 1. The summed E-state index contributed by atoms with van der Waals surface area (Å²) >= 11 is 0. The van der Waals surface area contributed by atoms with Crippen LogP contribution in [0.15, 0.2) is 30.3 Å². The highest BCUT2D eigenvalue weighted by Gasteiger charge is 2.42. The summed E-state index contributed by atoms with van der Waals surface area (Å²) in [7, 11) is 0. The fourth-order valence-electron chi connectivity index (χ4n) is 3.36. The molecule has 1 aromatic carbocycles. The SMILES string of the molecule is Cc1nn(-c2ccccc2)c(C)c1CC(=O)N1CC[C@](C)(C(=O)O)C1. The van der Waals surface area contributed by atoms with Gasteiger partial charge in [-0.05, 0) is 39.3 Å². The van der Waals surface area contributed by atoms with Gasteiger partial charge in [-0.15, -0.1) is 0 Å². The number of hydrogen-bond acceptors (Lipinski definition) is 3. The third kappa shape index (κ3) is 3.16. The summed E-state index contributed by atoms with van der Waals surface area (Å²) < 4.78 is 1.85. The molecule has 0 aliphatic carbocycles. The van der Waals surface area contributed by atoms with Crippen molar-refractivity contribution >= 4 is 11.9 Å².